The second-order valence-corrected chi connectivity index (χ2v) is 7.35. The van der Waals surface area contributed by atoms with Crippen molar-refractivity contribution in [3.63, 3.8) is 0 Å². The second kappa shape index (κ2) is 11.3. The Bertz CT molecular complexity index is 690. The number of hydrogen-bond acceptors (Lipinski definition) is 2. The van der Waals surface area contributed by atoms with Gasteiger partial charge in [0.25, 0.3) is 0 Å². The molecule has 1 aliphatic carbocycles. The molecule has 148 valence electrons. The number of halogens is 1. The molecule has 1 fully saturated rings. The Balaban J connectivity index is 0.00000261. The first-order valence-corrected chi connectivity index (χ1v) is 9.81. The molecular weight excluding hydrogens is 449 g/mol. The minimum Gasteiger partial charge on any atom is -0.357 e. The van der Waals surface area contributed by atoms with Crippen molar-refractivity contribution in [2.45, 2.75) is 58.7 Å². The summed E-state index contributed by atoms with van der Waals surface area (Å²) in [7, 11) is 0. The van der Waals surface area contributed by atoms with Gasteiger partial charge in [0.2, 0.25) is 0 Å². The fraction of sp³-hybridized carbons (Fsp3) is 0.524. The number of hydrogen-bond donors (Lipinski definition) is 2. The summed E-state index contributed by atoms with van der Waals surface area (Å²) in [5, 5.41) is 7.01. The van der Waals surface area contributed by atoms with Crippen LogP contribution in [-0.4, -0.2) is 28.1 Å². The lowest BCUT2D eigenvalue weighted by molar-refractivity contribution is 0.329. The maximum Gasteiger partial charge on any atom is 0.191 e. The van der Waals surface area contributed by atoms with Crippen molar-refractivity contribution < 1.29 is 0 Å². The van der Waals surface area contributed by atoms with Crippen LogP contribution in [0.1, 0.15) is 50.7 Å². The van der Waals surface area contributed by atoms with Gasteiger partial charge in [-0.05, 0) is 49.7 Å². The SMILES string of the molecule is CCNC(=NCc1cccc(Cn2ccnc2)c1)NC1CCC(C)CC1.I. The zero-order chi connectivity index (χ0) is 18.2. The van der Waals surface area contributed by atoms with Crippen LogP contribution in [0.15, 0.2) is 48.0 Å². The van der Waals surface area contributed by atoms with Crippen LogP contribution in [-0.2, 0) is 13.1 Å². The van der Waals surface area contributed by atoms with Gasteiger partial charge in [-0.25, -0.2) is 9.98 Å². The third-order valence-electron chi connectivity index (χ3n) is 5.04. The first kappa shape index (κ1) is 21.7. The fourth-order valence-electron chi connectivity index (χ4n) is 3.51. The Hall–Kier alpha value is -1.57. The summed E-state index contributed by atoms with van der Waals surface area (Å²) >= 11 is 0. The molecule has 1 saturated carbocycles. The minimum atomic E-state index is 0. The summed E-state index contributed by atoms with van der Waals surface area (Å²) < 4.78 is 2.08. The molecule has 5 nitrogen and oxygen atoms in total. The van der Waals surface area contributed by atoms with Gasteiger partial charge >= 0.3 is 0 Å². The van der Waals surface area contributed by atoms with E-state index < -0.39 is 0 Å². The maximum atomic E-state index is 4.81. The van der Waals surface area contributed by atoms with Gasteiger partial charge < -0.3 is 15.2 Å². The van der Waals surface area contributed by atoms with Crippen molar-refractivity contribution >= 4 is 29.9 Å². The van der Waals surface area contributed by atoms with E-state index in [1.807, 2.05) is 18.7 Å². The van der Waals surface area contributed by atoms with Crippen LogP contribution >= 0.6 is 24.0 Å². The van der Waals surface area contributed by atoms with Crippen LogP contribution in [0.5, 0.6) is 0 Å². The van der Waals surface area contributed by atoms with Crippen LogP contribution < -0.4 is 10.6 Å². The molecule has 6 heteroatoms. The number of benzene rings is 1. The van der Waals surface area contributed by atoms with E-state index in [-0.39, 0.29) is 24.0 Å². The van der Waals surface area contributed by atoms with E-state index in [0.29, 0.717) is 12.6 Å². The zero-order valence-corrected chi connectivity index (χ0v) is 18.7. The highest BCUT2D eigenvalue weighted by atomic mass is 127. The summed E-state index contributed by atoms with van der Waals surface area (Å²) in [5.74, 6) is 1.80. The van der Waals surface area contributed by atoms with Crippen LogP contribution in [0.3, 0.4) is 0 Å². The Kier molecular flexibility index (Phi) is 9.10. The number of aromatic nitrogens is 2. The highest BCUT2D eigenvalue weighted by molar-refractivity contribution is 14.0. The van der Waals surface area contributed by atoms with Gasteiger partial charge in [-0.3, -0.25) is 0 Å². The van der Waals surface area contributed by atoms with Crippen LogP contribution in [0.2, 0.25) is 0 Å². The first-order chi connectivity index (χ1) is 12.7. The molecular formula is C21H32IN5. The number of imidazole rings is 1. The van der Waals surface area contributed by atoms with Crippen molar-refractivity contribution in [3.05, 3.63) is 54.1 Å². The maximum absolute atomic E-state index is 4.81. The van der Waals surface area contributed by atoms with E-state index in [1.165, 1.54) is 36.8 Å². The Labute approximate surface area is 180 Å². The predicted molar refractivity (Wildman–Crippen MR) is 123 cm³/mol. The number of aliphatic imine (C=N–C) groups is 1. The monoisotopic (exact) mass is 481 g/mol. The summed E-state index contributed by atoms with van der Waals surface area (Å²) in [6, 6.07) is 9.19. The normalized spacial score (nSPS) is 20.0. The average molecular weight is 481 g/mol. The van der Waals surface area contributed by atoms with Crippen molar-refractivity contribution in [1.82, 2.24) is 20.2 Å². The molecule has 0 radical (unpaired) electrons. The molecule has 1 aromatic carbocycles. The van der Waals surface area contributed by atoms with Gasteiger partial charge in [0.15, 0.2) is 5.96 Å². The number of guanidine groups is 1. The lowest BCUT2D eigenvalue weighted by Crippen LogP contribution is -2.44. The Morgan fingerprint density at radius 3 is 2.70 bits per heavy atom. The molecule has 0 atom stereocenters. The molecule has 0 aliphatic heterocycles. The second-order valence-electron chi connectivity index (χ2n) is 7.35. The van der Waals surface area contributed by atoms with Crippen molar-refractivity contribution in [1.29, 1.82) is 0 Å². The van der Waals surface area contributed by atoms with Gasteiger partial charge in [0, 0.05) is 31.5 Å². The van der Waals surface area contributed by atoms with Gasteiger partial charge in [-0.1, -0.05) is 31.2 Å². The van der Waals surface area contributed by atoms with E-state index in [1.54, 1.807) is 0 Å². The van der Waals surface area contributed by atoms with Gasteiger partial charge in [-0.2, -0.15) is 0 Å². The Morgan fingerprint density at radius 1 is 1.22 bits per heavy atom. The molecule has 1 aliphatic rings. The molecule has 27 heavy (non-hydrogen) atoms. The average Bonchev–Trinajstić information content (AvgIpc) is 3.15. The highest BCUT2D eigenvalue weighted by Gasteiger charge is 2.18. The number of rotatable bonds is 6. The van der Waals surface area contributed by atoms with Gasteiger partial charge in [0.05, 0.1) is 12.9 Å². The van der Waals surface area contributed by atoms with E-state index in [4.69, 9.17) is 4.99 Å². The first-order valence-electron chi connectivity index (χ1n) is 9.81. The van der Waals surface area contributed by atoms with Crippen LogP contribution in [0, 0.1) is 5.92 Å². The van der Waals surface area contributed by atoms with Crippen molar-refractivity contribution in [2.24, 2.45) is 10.9 Å². The molecule has 0 unspecified atom stereocenters. The summed E-state index contributed by atoms with van der Waals surface area (Å²) in [5.41, 5.74) is 2.51. The smallest absolute Gasteiger partial charge is 0.191 e. The quantitative estimate of drug-likeness (QED) is 0.370. The molecule has 3 rings (SSSR count). The van der Waals surface area contributed by atoms with E-state index in [0.717, 1.165) is 25.0 Å². The predicted octanol–water partition coefficient (Wildman–Crippen LogP) is 4.18. The van der Waals surface area contributed by atoms with E-state index in [2.05, 4.69) is 58.3 Å². The third kappa shape index (κ3) is 7.16. The molecule has 0 saturated heterocycles. The zero-order valence-electron chi connectivity index (χ0n) is 16.4. The summed E-state index contributed by atoms with van der Waals surface area (Å²) in [4.78, 5) is 8.92. The third-order valence-corrected chi connectivity index (χ3v) is 5.04. The van der Waals surface area contributed by atoms with Gasteiger partial charge in [-0.15, -0.1) is 24.0 Å². The molecule has 1 aromatic heterocycles. The number of nitrogens with zero attached hydrogens (tertiary/aromatic N) is 3. The molecule has 2 N–H and O–H groups in total. The molecule has 0 amide bonds. The molecule has 0 spiro atoms. The lowest BCUT2D eigenvalue weighted by Gasteiger charge is -2.28. The molecule has 0 bridgehead atoms. The van der Waals surface area contributed by atoms with Crippen LogP contribution in [0.25, 0.3) is 0 Å². The van der Waals surface area contributed by atoms with E-state index in [9.17, 15) is 0 Å². The fourth-order valence-corrected chi connectivity index (χ4v) is 3.51. The molecule has 1 heterocycles. The van der Waals surface area contributed by atoms with Crippen molar-refractivity contribution in [3.8, 4) is 0 Å². The minimum absolute atomic E-state index is 0. The van der Waals surface area contributed by atoms with E-state index >= 15 is 0 Å². The Morgan fingerprint density at radius 2 is 2.00 bits per heavy atom. The summed E-state index contributed by atoms with van der Waals surface area (Å²) in [6.07, 6.45) is 10.8. The van der Waals surface area contributed by atoms with Gasteiger partial charge in [0.1, 0.15) is 0 Å². The standard InChI is InChI=1S/C21H31N5.HI/c1-3-23-21(25-20-9-7-17(2)8-10-20)24-14-18-5-4-6-19(13-18)15-26-12-11-22-16-26;/h4-6,11-13,16-17,20H,3,7-10,14-15H2,1-2H3,(H2,23,24,25);1H. The van der Waals surface area contributed by atoms with Crippen molar-refractivity contribution in [2.75, 3.05) is 6.54 Å². The summed E-state index contributed by atoms with van der Waals surface area (Å²) in [6.45, 7) is 6.89. The largest absolute Gasteiger partial charge is 0.357 e. The topological polar surface area (TPSA) is 54.2 Å². The lowest BCUT2D eigenvalue weighted by atomic mass is 9.87. The number of nitrogens with one attached hydrogen (secondary N) is 2. The highest BCUT2D eigenvalue weighted by Crippen LogP contribution is 2.23. The molecule has 2 aromatic rings. The van der Waals surface area contributed by atoms with Crippen LogP contribution in [0.4, 0.5) is 0 Å².